The van der Waals surface area contributed by atoms with E-state index in [1.165, 1.54) is 0 Å². The SMILES string of the molecule is COc1ccccc1CCNc1c(N)c(=O)c1=O. The van der Waals surface area contributed by atoms with Crippen LogP contribution in [0.3, 0.4) is 0 Å². The second-order valence-electron chi connectivity index (χ2n) is 3.94. The topological polar surface area (TPSA) is 81.4 Å². The average molecular weight is 246 g/mol. The summed E-state index contributed by atoms with van der Waals surface area (Å²) in [6.07, 6.45) is 0.683. The molecule has 0 bridgehead atoms. The van der Waals surface area contributed by atoms with Crippen molar-refractivity contribution in [1.82, 2.24) is 0 Å². The van der Waals surface area contributed by atoms with Crippen LogP contribution in [0.5, 0.6) is 5.75 Å². The first kappa shape index (κ1) is 12.2. The normalized spacial score (nSPS) is 10.5. The molecule has 5 nitrogen and oxygen atoms in total. The Bertz CT molecular complexity index is 627. The van der Waals surface area contributed by atoms with Crippen molar-refractivity contribution in [3.8, 4) is 5.75 Å². The van der Waals surface area contributed by atoms with Crippen molar-refractivity contribution in [2.24, 2.45) is 0 Å². The fourth-order valence-electron chi connectivity index (χ4n) is 1.82. The summed E-state index contributed by atoms with van der Waals surface area (Å²) in [5.74, 6) is 0.803. The van der Waals surface area contributed by atoms with E-state index in [0.717, 1.165) is 11.3 Å². The highest BCUT2D eigenvalue weighted by molar-refractivity contribution is 5.71. The molecule has 0 saturated heterocycles. The molecule has 5 heteroatoms. The van der Waals surface area contributed by atoms with Gasteiger partial charge in [-0.25, -0.2) is 0 Å². The summed E-state index contributed by atoms with van der Waals surface area (Å²) in [6, 6.07) is 7.64. The molecule has 0 aliphatic rings. The van der Waals surface area contributed by atoms with Crippen molar-refractivity contribution in [3.63, 3.8) is 0 Å². The van der Waals surface area contributed by atoms with Gasteiger partial charge in [0, 0.05) is 6.54 Å². The molecule has 0 heterocycles. The van der Waals surface area contributed by atoms with E-state index in [1.54, 1.807) is 7.11 Å². The van der Waals surface area contributed by atoms with E-state index in [1.807, 2.05) is 24.3 Å². The number of anilines is 2. The third-order valence-electron chi connectivity index (χ3n) is 2.84. The number of nitrogen functional groups attached to an aromatic ring is 1. The monoisotopic (exact) mass is 246 g/mol. The number of ether oxygens (including phenoxy) is 1. The lowest BCUT2D eigenvalue weighted by atomic mass is 10.1. The third-order valence-corrected chi connectivity index (χ3v) is 2.84. The first-order valence-electron chi connectivity index (χ1n) is 5.59. The lowest BCUT2D eigenvalue weighted by Crippen LogP contribution is -2.37. The zero-order valence-electron chi connectivity index (χ0n) is 10.0. The second kappa shape index (κ2) is 4.91. The highest BCUT2D eigenvalue weighted by Crippen LogP contribution is 2.18. The molecule has 94 valence electrons. The molecule has 0 aliphatic heterocycles. The smallest absolute Gasteiger partial charge is 0.253 e. The van der Waals surface area contributed by atoms with E-state index < -0.39 is 10.9 Å². The third kappa shape index (κ3) is 2.07. The minimum atomic E-state index is -0.602. The Labute approximate surface area is 104 Å². The Morgan fingerprint density at radius 3 is 2.61 bits per heavy atom. The van der Waals surface area contributed by atoms with Crippen LogP contribution in [-0.2, 0) is 6.42 Å². The summed E-state index contributed by atoms with van der Waals surface area (Å²) in [6.45, 7) is 0.523. The van der Waals surface area contributed by atoms with Gasteiger partial charge in [-0.2, -0.15) is 0 Å². The summed E-state index contributed by atoms with van der Waals surface area (Å²) in [7, 11) is 1.61. The molecule has 18 heavy (non-hydrogen) atoms. The van der Waals surface area contributed by atoms with Gasteiger partial charge in [-0.1, -0.05) is 18.2 Å². The average Bonchev–Trinajstić information content (AvgIpc) is 2.42. The molecule has 0 saturated carbocycles. The number of rotatable bonds is 5. The summed E-state index contributed by atoms with van der Waals surface area (Å²) < 4.78 is 5.22. The summed E-state index contributed by atoms with van der Waals surface area (Å²) in [4.78, 5) is 22.1. The highest BCUT2D eigenvalue weighted by atomic mass is 16.5. The van der Waals surface area contributed by atoms with Gasteiger partial charge in [0.2, 0.25) is 0 Å². The number of benzene rings is 1. The van der Waals surface area contributed by atoms with E-state index in [0.29, 0.717) is 13.0 Å². The first-order chi connectivity index (χ1) is 8.65. The van der Waals surface area contributed by atoms with E-state index in [-0.39, 0.29) is 11.4 Å². The zero-order chi connectivity index (χ0) is 13.1. The van der Waals surface area contributed by atoms with Crippen molar-refractivity contribution in [2.75, 3.05) is 24.7 Å². The van der Waals surface area contributed by atoms with E-state index in [9.17, 15) is 9.59 Å². The predicted octanol–water partition coefficient (Wildman–Crippen LogP) is 0.528. The van der Waals surface area contributed by atoms with Crippen molar-refractivity contribution in [1.29, 1.82) is 0 Å². The molecule has 0 aromatic heterocycles. The molecule has 3 N–H and O–H groups in total. The first-order valence-corrected chi connectivity index (χ1v) is 5.59. The summed E-state index contributed by atoms with van der Waals surface area (Å²) >= 11 is 0. The number of methoxy groups -OCH3 is 1. The van der Waals surface area contributed by atoms with E-state index in [4.69, 9.17) is 10.5 Å². The van der Waals surface area contributed by atoms with Gasteiger partial charge in [-0.05, 0) is 18.1 Å². The maximum atomic E-state index is 11.2. The molecule has 2 aromatic carbocycles. The van der Waals surface area contributed by atoms with Gasteiger partial charge in [0.15, 0.2) is 0 Å². The molecule has 0 spiro atoms. The van der Waals surface area contributed by atoms with Crippen molar-refractivity contribution >= 4 is 11.4 Å². The molecule has 0 amide bonds. The molecule has 0 aliphatic carbocycles. The van der Waals surface area contributed by atoms with Crippen LogP contribution in [0.25, 0.3) is 0 Å². The molecule has 0 radical (unpaired) electrons. The maximum Gasteiger partial charge on any atom is 0.253 e. The molecule has 0 unspecified atom stereocenters. The minimum absolute atomic E-state index is 0.0278. The van der Waals surface area contributed by atoms with Crippen LogP contribution in [0.4, 0.5) is 11.4 Å². The number of nitrogens with two attached hydrogens (primary N) is 1. The Morgan fingerprint density at radius 1 is 1.22 bits per heavy atom. The van der Waals surface area contributed by atoms with Crippen molar-refractivity contribution in [2.45, 2.75) is 6.42 Å². The standard InChI is InChI=1S/C13H14N2O3/c1-18-9-5-3-2-4-8(9)6-7-15-11-10(14)12(16)13(11)17/h2-5,15H,6-7,14H2,1H3. The van der Waals surface area contributed by atoms with Gasteiger partial charge in [0.1, 0.15) is 17.1 Å². The van der Waals surface area contributed by atoms with Gasteiger partial charge in [0.25, 0.3) is 10.9 Å². The minimum Gasteiger partial charge on any atom is -0.496 e. The van der Waals surface area contributed by atoms with Crippen LogP contribution in [0, 0.1) is 0 Å². The largest absolute Gasteiger partial charge is 0.496 e. The predicted molar refractivity (Wildman–Crippen MR) is 71.0 cm³/mol. The number of para-hydroxylation sites is 1. The molecular weight excluding hydrogens is 232 g/mol. The fourth-order valence-corrected chi connectivity index (χ4v) is 1.82. The Balaban J connectivity index is 1.97. The Hall–Kier alpha value is -2.30. The molecular formula is C13H14N2O3. The second-order valence-corrected chi connectivity index (χ2v) is 3.94. The molecule has 2 rings (SSSR count). The number of nitrogens with one attached hydrogen (secondary N) is 1. The van der Waals surface area contributed by atoms with Gasteiger partial charge in [-0.3, -0.25) is 9.59 Å². The van der Waals surface area contributed by atoms with Gasteiger partial charge in [-0.15, -0.1) is 0 Å². The van der Waals surface area contributed by atoms with Crippen LogP contribution < -0.4 is 26.6 Å². The Morgan fingerprint density at radius 2 is 1.94 bits per heavy atom. The zero-order valence-corrected chi connectivity index (χ0v) is 10.0. The number of hydrogen-bond donors (Lipinski definition) is 2. The van der Waals surface area contributed by atoms with Crippen LogP contribution in [0.1, 0.15) is 5.56 Å². The Kier molecular flexibility index (Phi) is 3.32. The molecule has 0 fully saturated rings. The summed E-state index contributed by atoms with van der Waals surface area (Å²) in [5.41, 5.74) is 5.57. The van der Waals surface area contributed by atoms with E-state index in [2.05, 4.69) is 5.32 Å². The van der Waals surface area contributed by atoms with Gasteiger partial charge in [0.05, 0.1) is 7.11 Å². The van der Waals surface area contributed by atoms with Crippen LogP contribution >= 0.6 is 0 Å². The van der Waals surface area contributed by atoms with Gasteiger partial charge >= 0.3 is 0 Å². The van der Waals surface area contributed by atoms with Crippen molar-refractivity contribution < 1.29 is 4.74 Å². The highest BCUT2D eigenvalue weighted by Gasteiger charge is 2.16. The lowest BCUT2D eigenvalue weighted by Gasteiger charge is -2.11. The quantitative estimate of drug-likeness (QED) is 0.752. The van der Waals surface area contributed by atoms with Gasteiger partial charge < -0.3 is 15.8 Å². The molecule has 2 aromatic rings. The van der Waals surface area contributed by atoms with Crippen molar-refractivity contribution in [3.05, 3.63) is 50.3 Å². The maximum absolute atomic E-state index is 11.2. The summed E-state index contributed by atoms with van der Waals surface area (Å²) in [5, 5.41) is 2.88. The van der Waals surface area contributed by atoms with Crippen LogP contribution in [0.15, 0.2) is 33.9 Å². The molecule has 0 atom stereocenters. The number of hydrogen-bond acceptors (Lipinski definition) is 5. The lowest BCUT2D eigenvalue weighted by molar-refractivity contribution is 0.410. The van der Waals surface area contributed by atoms with Crippen LogP contribution in [0.2, 0.25) is 0 Å². The van der Waals surface area contributed by atoms with E-state index >= 15 is 0 Å². The fraction of sp³-hybridized carbons (Fsp3) is 0.231. The van der Waals surface area contributed by atoms with Crippen LogP contribution in [-0.4, -0.2) is 13.7 Å².